The number of ether oxygens (including phenoxy) is 1. The monoisotopic (exact) mass is 170 g/mol. The van der Waals surface area contributed by atoms with E-state index in [0.717, 1.165) is 25.7 Å². The summed E-state index contributed by atoms with van der Waals surface area (Å²) in [4.78, 5) is 0. The highest BCUT2D eigenvalue weighted by Gasteiger charge is 2.57. The predicted molar refractivity (Wildman–Crippen MR) is 41.0 cm³/mol. The van der Waals surface area contributed by atoms with Gasteiger partial charge in [0.05, 0.1) is 0 Å². The van der Waals surface area contributed by atoms with E-state index in [2.05, 4.69) is 0 Å². The highest BCUT2D eigenvalue weighted by atomic mass is 16.7. The Morgan fingerprint density at radius 2 is 1.33 bits per heavy atom. The molecule has 0 unspecified atom stereocenters. The normalized spacial score (nSPS) is 62.5. The minimum Gasteiger partial charge on any atom is -0.365 e. The van der Waals surface area contributed by atoms with Gasteiger partial charge in [-0.3, -0.25) is 0 Å². The van der Waals surface area contributed by atoms with Gasteiger partial charge in [-0.05, 0) is 18.3 Å². The van der Waals surface area contributed by atoms with Crippen LogP contribution in [0.15, 0.2) is 0 Å². The van der Waals surface area contributed by atoms with Gasteiger partial charge < -0.3 is 14.9 Å². The fraction of sp³-hybridized carbons (Fsp3) is 1.00. The standard InChI is InChI=1S/C9H14O3/c10-8-2-6-1-7(4-8)5-9(11,3-6)12-8/h6-7,10-11H,1-5H2. The zero-order valence-corrected chi connectivity index (χ0v) is 6.99. The second-order valence-electron chi connectivity index (χ2n) is 4.78. The topological polar surface area (TPSA) is 49.7 Å². The van der Waals surface area contributed by atoms with Gasteiger partial charge in [0, 0.05) is 25.7 Å². The highest BCUT2D eigenvalue weighted by molar-refractivity contribution is 4.99. The molecule has 0 aromatic carbocycles. The Labute approximate surface area is 71.3 Å². The summed E-state index contributed by atoms with van der Waals surface area (Å²) in [6, 6.07) is 0. The lowest BCUT2D eigenvalue weighted by Crippen LogP contribution is -2.61. The molecule has 0 amide bonds. The van der Waals surface area contributed by atoms with Crippen molar-refractivity contribution < 1.29 is 14.9 Å². The van der Waals surface area contributed by atoms with Crippen LogP contribution in [0.25, 0.3) is 0 Å². The molecule has 2 aliphatic heterocycles. The maximum atomic E-state index is 9.89. The van der Waals surface area contributed by atoms with E-state index >= 15 is 0 Å². The molecule has 4 rings (SSSR count). The first kappa shape index (κ1) is 7.30. The van der Waals surface area contributed by atoms with Crippen molar-refractivity contribution in [2.24, 2.45) is 11.8 Å². The zero-order chi connectivity index (χ0) is 8.40. The van der Waals surface area contributed by atoms with E-state index in [1.807, 2.05) is 0 Å². The van der Waals surface area contributed by atoms with Gasteiger partial charge in [-0.15, -0.1) is 0 Å². The van der Waals surface area contributed by atoms with Crippen LogP contribution in [0.5, 0.6) is 0 Å². The van der Waals surface area contributed by atoms with Gasteiger partial charge in [-0.2, -0.15) is 0 Å². The summed E-state index contributed by atoms with van der Waals surface area (Å²) in [5, 5.41) is 19.8. The summed E-state index contributed by atoms with van der Waals surface area (Å²) in [6.07, 6.45) is 4.09. The van der Waals surface area contributed by atoms with Gasteiger partial charge in [-0.1, -0.05) is 0 Å². The largest absolute Gasteiger partial charge is 0.365 e. The third-order valence-electron chi connectivity index (χ3n) is 3.48. The van der Waals surface area contributed by atoms with E-state index in [4.69, 9.17) is 4.74 Å². The lowest BCUT2D eigenvalue weighted by Gasteiger charge is -2.57. The second kappa shape index (κ2) is 1.86. The average molecular weight is 170 g/mol. The van der Waals surface area contributed by atoms with Crippen LogP contribution < -0.4 is 0 Å². The van der Waals surface area contributed by atoms with Gasteiger partial charge in [0.25, 0.3) is 0 Å². The van der Waals surface area contributed by atoms with Crippen molar-refractivity contribution in [3.05, 3.63) is 0 Å². The molecule has 0 aromatic heterocycles. The van der Waals surface area contributed by atoms with E-state index in [1.54, 1.807) is 0 Å². The molecule has 4 bridgehead atoms. The van der Waals surface area contributed by atoms with Crippen LogP contribution in [0.1, 0.15) is 32.1 Å². The van der Waals surface area contributed by atoms with Crippen LogP contribution >= 0.6 is 0 Å². The molecule has 0 spiro atoms. The first-order valence-electron chi connectivity index (χ1n) is 4.72. The van der Waals surface area contributed by atoms with Gasteiger partial charge in [0.15, 0.2) is 11.6 Å². The quantitative estimate of drug-likeness (QED) is 0.560. The molecular formula is C9H14O3. The molecule has 0 radical (unpaired) electrons. The van der Waals surface area contributed by atoms with Crippen molar-refractivity contribution in [1.82, 2.24) is 0 Å². The van der Waals surface area contributed by atoms with Crippen LogP contribution in [-0.2, 0) is 4.74 Å². The molecule has 4 fully saturated rings. The third kappa shape index (κ3) is 0.873. The van der Waals surface area contributed by atoms with Crippen molar-refractivity contribution in [3.8, 4) is 0 Å². The van der Waals surface area contributed by atoms with Gasteiger partial charge in [0.1, 0.15) is 0 Å². The molecule has 0 aromatic rings. The molecule has 68 valence electrons. The number of hydrogen-bond acceptors (Lipinski definition) is 3. The van der Waals surface area contributed by atoms with Crippen LogP contribution in [-0.4, -0.2) is 21.8 Å². The van der Waals surface area contributed by atoms with Crippen molar-refractivity contribution in [2.75, 3.05) is 0 Å². The summed E-state index contributed by atoms with van der Waals surface area (Å²) in [5.41, 5.74) is 0. The molecule has 3 nitrogen and oxygen atoms in total. The first-order valence-corrected chi connectivity index (χ1v) is 4.72. The maximum absolute atomic E-state index is 9.89. The number of rotatable bonds is 0. The Balaban J connectivity index is 1.98. The Morgan fingerprint density at radius 1 is 0.917 bits per heavy atom. The van der Waals surface area contributed by atoms with Crippen LogP contribution in [0.2, 0.25) is 0 Å². The molecule has 3 heteroatoms. The minimum absolute atomic E-state index is 0.487. The molecule has 2 N–H and O–H groups in total. The maximum Gasteiger partial charge on any atom is 0.169 e. The Hall–Kier alpha value is -0.120. The van der Waals surface area contributed by atoms with Crippen LogP contribution in [0.3, 0.4) is 0 Å². The summed E-state index contributed by atoms with van der Waals surface area (Å²) in [7, 11) is 0. The van der Waals surface area contributed by atoms with Crippen molar-refractivity contribution in [2.45, 2.75) is 43.7 Å². The average Bonchev–Trinajstić information content (AvgIpc) is 1.75. The highest BCUT2D eigenvalue weighted by Crippen LogP contribution is 2.55. The smallest absolute Gasteiger partial charge is 0.169 e. The lowest BCUT2D eigenvalue weighted by molar-refractivity contribution is -0.412. The zero-order valence-electron chi connectivity index (χ0n) is 6.99. The molecule has 0 atom stereocenters. The fourth-order valence-corrected chi connectivity index (χ4v) is 3.44. The number of hydrogen-bond donors (Lipinski definition) is 2. The minimum atomic E-state index is -0.987. The SMILES string of the molecule is OC12CC3CC(C1)CC(O)(C3)O2. The van der Waals surface area contributed by atoms with E-state index in [1.165, 1.54) is 6.42 Å². The summed E-state index contributed by atoms with van der Waals surface area (Å²) in [6.45, 7) is 0. The molecule has 2 heterocycles. The molecule has 12 heavy (non-hydrogen) atoms. The Kier molecular flexibility index (Phi) is 1.13. The predicted octanol–water partition coefficient (Wildman–Crippen LogP) is 0.604. The molecular weight excluding hydrogens is 156 g/mol. The molecule has 2 saturated heterocycles. The summed E-state index contributed by atoms with van der Waals surface area (Å²) >= 11 is 0. The third-order valence-corrected chi connectivity index (χ3v) is 3.48. The van der Waals surface area contributed by atoms with E-state index in [-0.39, 0.29) is 0 Å². The second-order valence-corrected chi connectivity index (χ2v) is 4.78. The van der Waals surface area contributed by atoms with Gasteiger partial charge in [-0.25, -0.2) is 0 Å². The number of aliphatic hydroxyl groups is 2. The van der Waals surface area contributed by atoms with Crippen LogP contribution in [0, 0.1) is 11.8 Å². The van der Waals surface area contributed by atoms with E-state index < -0.39 is 11.6 Å². The molecule has 2 saturated carbocycles. The van der Waals surface area contributed by atoms with Crippen molar-refractivity contribution >= 4 is 0 Å². The fourth-order valence-electron chi connectivity index (χ4n) is 3.44. The first-order chi connectivity index (χ1) is 5.57. The van der Waals surface area contributed by atoms with Crippen LogP contribution in [0.4, 0.5) is 0 Å². The lowest BCUT2D eigenvalue weighted by atomic mass is 9.64. The van der Waals surface area contributed by atoms with Crippen molar-refractivity contribution in [3.63, 3.8) is 0 Å². The van der Waals surface area contributed by atoms with Gasteiger partial charge in [0.2, 0.25) is 0 Å². The summed E-state index contributed by atoms with van der Waals surface area (Å²) in [5.74, 6) is -1.00. The van der Waals surface area contributed by atoms with E-state index in [9.17, 15) is 10.2 Å². The summed E-state index contributed by atoms with van der Waals surface area (Å²) < 4.78 is 5.31. The molecule has 4 aliphatic rings. The molecule has 2 aliphatic carbocycles. The van der Waals surface area contributed by atoms with Gasteiger partial charge >= 0.3 is 0 Å². The van der Waals surface area contributed by atoms with Crippen molar-refractivity contribution in [1.29, 1.82) is 0 Å². The van der Waals surface area contributed by atoms with E-state index in [0.29, 0.717) is 11.8 Å². The Morgan fingerprint density at radius 3 is 1.67 bits per heavy atom. The Bertz CT molecular complexity index is 192.